The molecule has 0 amide bonds. The molecule has 0 fully saturated rings. The Hall–Kier alpha value is -11.0. The van der Waals surface area contributed by atoms with E-state index in [4.69, 9.17) is 0 Å². The van der Waals surface area contributed by atoms with Crippen LogP contribution in [0.2, 0.25) is 0 Å². The molecule has 0 aliphatic rings. The van der Waals surface area contributed by atoms with Gasteiger partial charge < -0.3 is 18.3 Å². The summed E-state index contributed by atoms with van der Waals surface area (Å²) < 4.78 is 11.6. The fourth-order valence-electron chi connectivity index (χ4n) is 13.6. The Balaban J connectivity index is 1.19. The van der Waals surface area contributed by atoms with Crippen molar-refractivity contribution in [1.82, 2.24) is 18.3 Å². The van der Waals surface area contributed by atoms with Crippen molar-refractivity contribution in [3.8, 4) is 57.1 Å². The van der Waals surface area contributed by atoms with Gasteiger partial charge in [-0.1, -0.05) is 206 Å². The summed E-state index contributed by atoms with van der Waals surface area (Å²) in [4.78, 5) is 0. The lowest BCUT2D eigenvalue weighted by atomic mass is 9.94. The summed E-state index contributed by atoms with van der Waals surface area (Å²) in [5.74, 6) is 0. The largest absolute Gasteiger partial charge is 0.306 e. The zero-order chi connectivity index (χ0) is 53.4. The third-order valence-electron chi connectivity index (χ3n) is 16.9. The van der Waals surface area contributed by atoms with E-state index in [-0.39, 0.29) is 0 Å². The molecule has 5 aromatic heterocycles. The lowest BCUT2D eigenvalue weighted by molar-refractivity contribution is 1.02. The molecule has 0 aliphatic heterocycles. The van der Waals surface area contributed by atoms with Crippen molar-refractivity contribution in [3.63, 3.8) is 0 Å². The van der Waals surface area contributed by atoms with Crippen LogP contribution in [0.1, 0.15) is 11.1 Å². The van der Waals surface area contributed by atoms with Crippen molar-refractivity contribution < 1.29 is 0 Å². The van der Waals surface area contributed by atoms with Gasteiger partial charge in [0.15, 0.2) is 0 Å². The SMILES string of the molecule is N#Cc1c(-n2c3ccccc3c3ccccc32)c(C#N)c(-n2c3ccccc3c3ccccc32)c(-n2c3cc(-c4ccccc4-c4ccccc4)ccc3c3ccc4c5ccccc5sc4c32)c1-n1c2ccccc2c2ccccc21. The molecular weight excluding hydrogens is 1000 g/mol. The van der Waals surface area contributed by atoms with Gasteiger partial charge in [-0.25, -0.2) is 0 Å². The van der Waals surface area contributed by atoms with E-state index >= 15 is 0 Å². The Morgan fingerprint density at radius 3 is 1.12 bits per heavy atom. The third kappa shape index (κ3) is 6.24. The van der Waals surface area contributed by atoms with Crippen molar-refractivity contribution in [2.75, 3.05) is 0 Å². The lowest BCUT2D eigenvalue weighted by Crippen LogP contribution is -2.17. The maximum Gasteiger partial charge on any atom is 0.104 e. The second-order valence-corrected chi connectivity index (χ2v) is 21.9. The fourth-order valence-corrected chi connectivity index (χ4v) is 14.8. The summed E-state index contributed by atoms with van der Waals surface area (Å²) in [7, 11) is 0. The number of rotatable bonds is 6. The summed E-state index contributed by atoms with van der Waals surface area (Å²) in [5, 5.41) is 36.1. The number of aromatic nitrogens is 4. The van der Waals surface area contributed by atoms with Crippen molar-refractivity contribution in [2.24, 2.45) is 0 Å². The van der Waals surface area contributed by atoms with Gasteiger partial charge in [0.1, 0.15) is 23.3 Å². The van der Waals surface area contributed by atoms with E-state index in [0.29, 0.717) is 33.9 Å². The first-order valence-corrected chi connectivity index (χ1v) is 28.0. The highest BCUT2D eigenvalue weighted by Gasteiger charge is 2.35. The van der Waals surface area contributed by atoms with Crippen LogP contribution in [0.5, 0.6) is 0 Å². The van der Waals surface area contributed by atoms with E-state index in [9.17, 15) is 10.5 Å². The van der Waals surface area contributed by atoms with Crippen LogP contribution in [0.15, 0.2) is 255 Å². The molecule has 0 atom stereocenters. The maximum absolute atomic E-state index is 12.7. The van der Waals surface area contributed by atoms with Crippen molar-refractivity contribution in [3.05, 3.63) is 266 Å². The van der Waals surface area contributed by atoms with Crippen LogP contribution in [0.25, 0.3) is 152 Å². The van der Waals surface area contributed by atoms with Crippen LogP contribution >= 0.6 is 11.3 Å². The minimum atomic E-state index is 0.369. The molecule has 0 saturated carbocycles. The van der Waals surface area contributed by atoms with Gasteiger partial charge >= 0.3 is 0 Å². The molecule has 0 unspecified atom stereocenters. The first kappa shape index (κ1) is 45.1. The molecule has 12 aromatic carbocycles. The molecule has 0 N–H and O–H groups in total. The minimum Gasteiger partial charge on any atom is -0.306 e. The lowest BCUT2D eigenvalue weighted by Gasteiger charge is -2.27. The Kier molecular flexibility index (Phi) is 9.62. The normalized spacial score (nSPS) is 11.9. The number of nitrogens with zero attached hydrogens (tertiary/aromatic N) is 6. The molecule has 0 bridgehead atoms. The Labute approximate surface area is 467 Å². The van der Waals surface area contributed by atoms with Gasteiger partial charge in [-0.05, 0) is 70.8 Å². The molecule has 0 spiro atoms. The topological polar surface area (TPSA) is 67.3 Å². The van der Waals surface area contributed by atoms with Gasteiger partial charge in [0.2, 0.25) is 0 Å². The van der Waals surface area contributed by atoms with Crippen molar-refractivity contribution in [2.45, 2.75) is 0 Å². The molecule has 81 heavy (non-hydrogen) atoms. The molecule has 5 heterocycles. The molecule has 6 nitrogen and oxygen atoms in total. The number of thiophene rings is 1. The van der Waals surface area contributed by atoms with Gasteiger partial charge in [-0.2, -0.15) is 10.5 Å². The second-order valence-electron chi connectivity index (χ2n) is 20.9. The molecule has 0 saturated heterocycles. The zero-order valence-corrected chi connectivity index (χ0v) is 44.2. The van der Waals surface area contributed by atoms with Crippen LogP contribution in [-0.4, -0.2) is 18.3 Å². The van der Waals surface area contributed by atoms with Crippen LogP contribution in [0.3, 0.4) is 0 Å². The standard InChI is InChI=1S/C74H42N6S/c75-43-59-69(77-61-31-13-6-24-49(61)50-25-7-14-32-62(50)77)60(44-76)71(79-65-35-17-10-28-53(65)54-29-11-18-36-66(54)79)73(70(59)78-63-33-15-8-26-51(63)52-27-9-16-34-64(52)78)80-67-42-46(48-23-5-4-22-47(48)45-20-2-1-3-21-45)38-39-55(67)57-40-41-58-56-30-12-19-37-68(56)81-74(58)72(57)80/h1-42H. The predicted octanol–water partition coefficient (Wildman–Crippen LogP) is 19.5. The van der Waals surface area contributed by atoms with Crippen molar-refractivity contribution in [1.29, 1.82) is 10.5 Å². The van der Waals surface area contributed by atoms with Crippen LogP contribution in [0, 0.1) is 22.7 Å². The van der Waals surface area contributed by atoms with Gasteiger partial charge in [-0.15, -0.1) is 11.3 Å². The number of benzene rings is 12. The predicted molar refractivity (Wildman–Crippen MR) is 337 cm³/mol. The van der Waals surface area contributed by atoms with E-state index < -0.39 is 0 Å². The molecule has 7 heteroatoms. The minimum absolute atomic E-state index is 0.369. The highest BCUT2D eigenvalue weighted by Crippen LogP contribution is 2.51. The summed E-state index contributed by atoms with van der Waals surface area (Å²) in [6.07, 6.45) is 0. The van der Waals surface area contributed by atoms with Crippen LogP contribution < -0.4 is 0 Å². The second kappa shape index (κ2) is 17.3. The quantitative estimate of drug-likeness (QED) is 0.167. The fraction of sp³-hybridized carbons (Fsp3) is 0. The van der Waals surface area contributed by atoms with Gasteiger partial charge in [0, 0.05) is 58.6 Å². The number of hydrogen-bond donors (Lipinski definition) is 0. The molecule has 17 aromatic rings. The maximum atomic E-state index is 12.7. The van der Waals surface area contributed by atoms with Crippen LogP contribution in [0.4, 0.5) is 0 Å². The first-order valence-electron chi connectivity index (χ1n) is 27.2. The van der Waals surface area contributed by atoms with Gasteiger partial charge in [0.05, 0.1) is 71.6 Å². The zero-order valence-electron chi connectivity index (χ0n) is 43.3. The summed E-state index contributed by atoms with van der Waals surface area (Å²) in [6.45, 7) is 0. The first-order chi connectivity index (χ1) is 40.2. The van der Waals surface area contributed by atoms with Gasteiger partial charge in [-0.3, -0.25) is 0 Å². The summed E-state index contributed by atoms with van der Waals surface area (Å²) in [6, 6.07) is 96.2. The highest BCUT2D eigenvalue weighted by atomic mass is 32.1. The average molecular weight is 1050 g/mol. The molecule has 0 aliphatic carbocycles. The van der Waals surface area contributed by atoms with E-state index in [2.05, 4.69) is 273 Å². The molecular formula is C74H42N6S. The molecule has 0 radical (unpaired) electrons. The van der Waals surface area contributed by atoms with E-state index in [1.807, 2.05) is 12.1 Å². The molecule has 374 valence electrons. The summed E-state index contributed by atoms with van der Waals surface area (Å²) >= 11 is 1.79. The average Bonchev–Trinajstić information content (AvgIpc) is 2.66. The van der Waals surface area contributed by atoms with E-state index in [1.54, 1.807) is 11.3 Å². The highest BCUT2D eigenvalue weighted by molar-refractivity contribution is 7.26. The third-order valence-corrected chi connectivity index (χ3v) is 18.0. The van der Waals surface area contributed by atoms with E-state index in [1.165, 1.54) is 10.1 Å². The number of nitriles is 2. The van der Waals surface area contributed by atoms with Crippen LogP contribution in [-0.2, 0) is 0 Å². The number of fused-ring (bicyclic) bond motifs is 16. The van der Waals surface area contributed by atoms with Crippen molar-refractivity contribution >= 4 is 119 Å². The summed E-state index contributed by atoms with van der Waals surface area (Å²) in [5.41, 5.74) is 15.2. The van der Waals surface area contributed by atoms with E-state index in [0.717, 1.165) is 120 Å². The Morgan fingerprint density at radius 1 is 0.272 bits per heavy atom. The Bertz CT molecular complexity index is 5320. The van der Waals surface area contributed by atoms with Gasteiger partial charge in [0.25, 0.3) is 0 Å². The monoisotopic (exact) mass is 1050 g/mol. The number of hydrogen-bond acceptors (Lipinski definition) is 3. The smallest absolute Gasteiger partial charge is 0.104 e. The number of para-hydroxylation sites is 6. The molecule has 17 rings (SSSR count). The Morgan fingerprint density at radius 2 is 0.642 bits per heavy atom.